The molecule has 5 nitrogen and oxygen atoms in total. The second kappa shape index (κ2) is 9.18. The van der Waals surface area contributed by atoms with Gasteiger partial charge in [0, 0.05) is 6.20 Å². The van der Waals surface area contributed by atoms with E-state index < -0.39 is 27.1 Å². The van der Waals surface area contributed by atoms with E-state index in [0.717, 1.165) is 12.1 Å². The fourth-order valence-electron chi connectivity index (χ4n) is 3.66. The highest BCUT2D eigenvalue weighted by Gasteiger charge is 2.26. The SMILES string of the molecule is CCS(=O)(=O)c1cccc(-c2ccc(-n3cc(C(C)(C)O)nc3-c3c(F)cccc3F)c(Cl)c2)c1. The Labute approximate surface area is 207 Å². The third-order valence-corrected chi connectivity index (χ3v) is 7.67. The lowest BCUT2D eigenvalue weighted by Crippen LogP contribution is -2.15. The Balaban J connectivity index is 1.87. The predicted molar refractivity (Wildman–Crippen MR) is 132 cm³/mol. The molecule has 0 bridgehead atoms. The molecule has 1 N–H and O–H groups in total. The Morgan fingerprint density at radius 1 is 1.00 bits per heavy atom. The van der Waals surface area contributed by atoms with Crippen molar-refractivity contribution in [1.82, 2.24) is 9.55 Å². The van der Waals surface area contributed by atoms with Crippen LogP contribution in [0.25, 0.3) is 28.2 Å². The van der Waals surface area contributed by atoms with E-state index in [0.29, 0.717) is 16.8 Å². The molecule has 0 aliphatic heterocycles. The van der Waals surface area contributed by atoms with Crippen LogP contribution in [0.2, 0.25) is 5.02 Å². The van der Waals surface area contributed by atoms with Crippen LogP contribution in [0.5, 0.6) is 0 Å². The molecule has 0 saturated heterocycles. The van der Waals surface area contributed by atoms with Gasteiger partial charge >= 0.3 is 0 Å². The third-order valence-electron chi connectivity index (χ3n) is 5.63. The summed E-state index contributed by atoms with van der Waals surface area (Å²) >= 11 is 6.62. The average molecular weight is 517 g/mol. The number of hydrogen-bond acceptors (Lipinski definition) is 4. The molecule has 1 aromatic heterocycles. The first-order chi connectivity index (χ1) is 16.4. The van der Waals surface area contributed by atoms with Crippen molar-refractivity contribution in [2.24, 2.45) is 0 Å². The molecule has 0 aliphatic rings. The summed E-state index contributed by atoms with van der Waals surface area (Å²) in [5.74, 6) is -1.68. The largest absolute Gasteiger partial charge is 0.384 e. The summed E-state index contributed by atoms with van der Waals surface area (Å²) in [6, 6.07) is 15.1. The lowest BCUT2D eigenvalue weighted by Gasteiger charge is -2.13. The van der Waals surface area contributed by atoms with Crippen LogP contribution in [0.1, 0.15) is 26.5 Å². The van der Waals surface area contributed by atoms with Gasteiger partial charge in [0.2, 0.25) is 0 Å². The van der Waals surface area contributed by atoms with Crippen LogP contribution < -0.4 is 0 Å². The number of benzene rings is 3. The summed E-state index contributed by atoms with van der Waals surface area (Å²) in [5, 5.41) is 10.7. The van der Waals surface area contributed by atoms with Crippen molar-refractivity contribution in [2.75, 3.05) is 5.75 Å². The lowest BCUT2D eigenvalue weighted by molar-refractivity contribution is 0.0743. The quantitative estimate of drug-likeness (QED) is 0.333. The molecule has 182 valence electrons. The third kappa shape index (κ3) is 4.87. The molecule has 3 aromatic carbocycles. The van der Waals surface area contributed by atoms with E-state index in [4.69, 9.17) is 11.6 Å². The summed E-state index contributed by atoms with van der Waals surface area (Å²) in [6.07, 6.45) is 1.48. The maximum atomic E-state index is 14.6. The number of aliphatic hydroxyl groups is 1. The van der Waals surface area contributed by atoms with Crippen molar-refractivity contribution in [3.8, 4) is 28.2 Å². The summed E-state index contributed by atoms with van der Waals surface area (Å²) in [4.78, 5) is 4.53. The van der Waals surface area contributed by atoms with Crippen molar-refractivity contribution in [1.29, 1.82) is 0 Å². The smallest absolute Gasteiger partial charge is 0.178 e. The molecule has 0 amide bonds. The normalized spacial score (nSPS) is 12.2. The highest BCUT2D eigenvalue weighted by molar-refractivity contribution is 7.91. The first-order valence-electron chi connectivity index (χ1n) is 10.8. The van der Waals surface area contributed by atoms with Crippen molar-refractivity contribution in [2.45, 2.75) is 31.3 Å². The molecule has 4 aromatic rings. The van der Waals surface area contributed by atoms with E-state index >= 15 is 0 Å². The first kappa shape index (κ1) is 25.0. The van der Waals surface area contributed by atoms with E-state index in [1.807, 2.05) is 0 Å². The molecule has 0 unspecified atom stereocenters. The van der Waals surface area contributed by atoms with Crippen molar-refractivity contribution in [3.63, 3.8) is 0 Å². The molecule has 0 radical (unpaired) electrons. The lowest BCUT2D eigenvalue weighted by atomic mass is 10.1. The molecule has 1 heterocycles. The monoisotopic (exact) mass is 516 g/mol. The van der Waals surface area contributed by atoms with Gasteiger partial charge in [0.25, 0.3) is 0 Å². The summed E-state index contributed by atoms with van der Waals surface area (Å²) in [6.45, 7) is 4.61. The van der Waals surface area contributed by atoms with E-state index in [-0.39, 0.29) is 32.8 Å². The highest BCUT2D eigenvalue weighted by atomic mass is 35.5. The van der Waals surface area contributed by atoms with Gasteiger partial charge in [-0.3, -0.25) is 4.57 Å². The average Bonchev–Trinajstić information content (AvgIpc) is 3.24. The molecule has 4 rings (SSSR count). The Morgan fingerprint density at radius 3 is 2.23 bits per heavy atom. The highest BCUT2D eigenvalue weighted by Crippen LogP contribution is 2.35. The number of aromatic nitrogens is 2. The number of imidazole rings is 1. The van der Waals surface area contributed by atoms with Gasteiger partial charge in [-0.25, -0.2) is 22.2 Å². The van der Waals surface area contributed by atoms with Crippen molar-refractivity contribution < 1.29 is 22.3 Å². The fourth-order valence-corrected chi connectivity index (χ4v) is 4.86. The number of hydrogen-bond donors (Lipinski definition) is 1. The Hall–Kier alpha value is -3.07. The Bertz CT molecular complexity index is 1510. The Morgan fingerprint density at radius 2 is 1.63 bits per heavy atom. The zero-order valence-corrected chi connectivity index (χ0v) is 20.8. The maximum absolute atomic E-state index is 14.6. The van der Waals surface area contributed by atoms with Crippen LogP contribution >= 0.6 is 11.6 Å². The first-order valence-corrected chi connectivity index (χ1v) is 12.8. The van der Waals surface area contributed by atoms with Gasteiger partial charge in [-0.1, -0.05) is 42.8 Å². The van der Waals surface area contributed by atoms with E-state index in [1.54, 1.807) is 43.3 Å². The van der Waals surface area contributed by atoms with Crippen LogP contribution in [0, 0.1) is 11.6 Å². The van der Waals surface area contributed by atoms with E-state index in [9.17, 15) is 22.3 Å². The molecule has 0 aliphatic carbocycles. The predicted octanol–water partition coefficient (Wildman–Crippen LogP) is 6.16. The van der Waals surface area contributed by atoms with Crippen LogP contribution in [0.4, 0.5) is 8.78 Å². The van der Waals surface area contributed by atoms with Gasteiger partial charge in [0.15, 0.2) is 15.7 Å². The van der Waals surface area contributed by atoms with Crippen molar-refractivity contribution in [3.05, 3.63) is 89.2 Å². The zero-order chi connectivity index (χ0) is 25.5. The maximum Gasteiger partial charge on any atom is 0.178 e. The Kier molecular flexibility index (Phi) is 6.57. The molecule has 0 saturated carbocycles. The topological polar surface area (TPSA) is 72.2 Å². The summed E-state index contributed by atoms with van der Waals surface area (Å²) in [5.41, 5.74) is 0.172. The molecule has 9 heteroatoms. The van der Waals surface area contributed by atoms with Crippen LogP contribution in [-0.4, -0.2) is 28.8 Å². The molecular formula is C26H23ClF2N2O3S. The van der Waals surface area contributed by atoms with Gasteiger partial charge < -0.3 is 5.11 Å². The minimum Gasteiger partial charge on any atom is -0.384 e. The fraction of sp³-hybridized carbons (Fsp3) is 0.192. The molecule has 0 atom stereocenters. The second-order valence-corrected chi connectivity index (χ2v) is 11.3. The minimum absolute atomic E-state index is 0.0182. The molecular weight excluding hydrogens is 494 g/mol. The van der Waals surface area contributed by atoms with Gasteiger partial charge in [-0.15, -0.1) is 0 Å². The molecule has 0 spiro atoms. The van der Waals surface area contributed by atoms with Crippen LogP contribution in [0.3, 0.4) is 0 Å². The number of nitrogens with zero attached hydrogens (tertiary/aromatic N) is 2. The van der Waals surface area contributed by atoms with Gasteiger partial charge in [0.05, 0.1) is 32.6 Å². The van der Waals surface area contributed by atoms with E-state index in [2.05, 4.69) is 4.98 Å². The number of rotatable bonds is 6. The second-order valence-electron chi connectivity index (χ2n) is 8.57. The standard InChI is InChI=1S/C26H23ClF2N2O3S/c1-4-35(33,34)18-8-5-7-16(13-18)17-11-12-22(19(27)14-17)31-15-23(26(2,3)32)30-25(31)24-20(28)9-6-10-21(24)29/h5-15,32H,4H2,1-3H3. The van der Waals surface area contributed by atoms with Crippen LogP contribution in [-0.2, 0) is 15.4 Å². The summed E-state index contributed by atoms with van der Waals surface area (Å²) < 4.78 is 55.3. The van der Waals surface area contributed by atoms with Crippen LogP contribution in [0.15, 0.2) is 71.8 Å². The minimum atomic E-state index is -3.39. The molecule has 0 fully saturated rings. The molecule has 35 heavy (non-hydrogen) atoms. The van der Waals surface area contributed by atoms with Crippen molar-refractivity contribution >= 4 is 21.4 Å². The summed E-state index contributed by atoms with van der Waals surface area (Å²) in [7, 11) is -3.39. The number of sulfone groups is 1. The van der Waals surface area contributed by atoms with Gasteiger partial charge in [-0.05, 0) is 61.4 Å². The zero-order valence-electron chi connectivity index (χ0n) is 19.3. The van der Waals surface area contributed by atoms with E-state index in [1.165, 1.54) is 36.7 Å². The number of halogens is 3. The van der Waals surface area contributed by atoms with Gasteiger partial charge in [-0.2, -0.15) is 0 Å². The van der Waals surface area contributed by atoms with Gasteiger partial charge in [0.1, 0.15) is 17.2 Å².